The van der Waals surface area contributed by atoms with Gasteiger partial charge in [-0.25, -0.2) is 0 Å². The van der Waals surface area contributed by atoms with Crippen molar-refractivity contribution in [3.8, 4) is 0 Å². The van der Waals surface area contributed by atoms with E-state index in [1.807, 2.05) is 0 Å². The second-order valence-electron chi connectivity index (χ2n) is 7.07. The number of methoxy groups -OCH3 is 1. The molecule has 1 aliphatic carbocycles. The topological polar surface area (TPSA) is 80.1 Å². The molecule has 1 saturated heterocycles. The summed E-state index contributed by atoms with van der Waals surface area (Å²) in [5, 5.41) is 0. The van der Waals surface area contributed by atoms with Crippen LogP contribution in [0.15, 0.2) is 23.0 Å². The standard InChI is InChI=1S/C18H24N2O5/c1-19(9-13-6-8-25-11-13)15(21)16(22)20-10-14-5-3-4-7-18(14,12-20)17(23)24-2/h6,8,11,14H,3-5,7,9-10,12H2,1-2H3/t14-,18-/m1/s1. The fourth-order valence-electron chi connectivity index (χ4n) is 4.18. The summed E-state index contributed by atoms with van der Waals surface area (Å²) in [6.07, 6.45) is 6.67. The maximum Gasteiger partial charge on any atom is 0.313 e. The van der Waals surface area contributed by atoms with Crippen LogP contribution in [-0.4, -0.2) is 54.8 Å². The molecule has 25 heavy (non-hydrogen) atoms. The molecular formula is C18H24N2O5. The van der Waals surface area contributed by atoms with Gasteiger partial charge in [0.25, 0.3) is 0 Å². The Hall–Kier alpha value is -2.31. The highest BCUT2D eigenvalue weighted by Gasteiger charge is 2.55. The van der Waals surface area contributed by atoms with Crippen molar-refractivity contribution < 1.29 is 23.5 Å². The van der Waals surface area contributed by atoms with E-state index in [4.69, 9.17) is 9.15 Å². The molecule has 7 heteroatoms. The van der Waals surface area contributed by atoms with Crippen LogP contribution in [0.1, 0.15) is 31.2 Å². The number of ether oxygens (including phenoxy) is 1. The summed E-state index contributed by atoms with van der Waals surface area (Å²) >= 11 is 0. The summed E-state index contributed by atoms with van der Waals surface area (Å²) < 4.78 is 10.0. The number of hydrogen-bond donors (Lipinski definition) is 0. The Morgan fingerprint density at radius 1 is 1.40 bits per heavy atom. The highest BCUT2D eigenvalue weighted by atomic mass is 16.5. The molecule has 7 nitrogen and oxygen atoms in total. The van der Waals surface area contributed by atoms with Crippen molar-refractivity contribution in [2.75, 3.05) is 27.2 Å². The summed E-state index contributed by atoms with van der Waals surface area (Å²) in [6, 6.07) is 1.75. The molecule has 1 aromatic heterocycles. The number of carbonyl (C=O) groups excluding carboxylic acids is 3. The van der Waals surface area contributed by atoms with Gasteiger partial charge < -0.3 is 19.0 Å². The van der Waals surface area contributed by atoms with Crippen LogP contribution in [0.4, 0.5) is 0 Å². The largest absolute Gasteiger partial charge is 0.472 e. The Balaban J connectivity index is 1.70. The minimum Gasteiger partial charge on any atom is -0.472 e. The molecule has 0 radical (unpaired) electrons. The normalized spacial score (nSPS) is 25.4. The number of amides is 2. The molecule has 1 aliphatic heterocycles. The van der Waals surface area contributed by atoms with Crippen molar-refractivity contribution in [1.82, 2.24) is 9.80 Å². The van der Waals surface area contributed by atoms with Crippen LogP contribution in [0.3, 0.4) is 0 Å². The highest BCUT2D eigenvalue weighted by molar-refractivity contribution is 6.34. The molecule has 136 valence electrons. The molecule has 2 atom stereocenters. The Morgan fingerprint density at radius 3 is 2.88 bits per heavy atom. The van der Waals surface area contributed by atoms with Crippen LogP contribution in [0, 0.1) is 11.3 Å². The van der Waals surface area contributed by atoms with Crippen molar-refractivity contribution >= 4 is 17.8 Å². The van der Waals surface area contributed by atoms with E-state index in [2.05, 4.69) is 0 Å². The van der Waals surface area contributed by atoms with E-state index < -0.39 is 17.2 Å². The number of likely N-dealkylation sites (tertiary alicyclic amines) is 1. The lowest BCUT2D eigenvalue weighted by atomic mass is 9.68. The van der Waals surface area contributed by atoms with Gasteiger partial charge in [-0.3, -0.25) is 14.4 Å². The van der Waals surface area contributed by atoms with Crippen LogP contribution < -0.4 is 0 Å². The summed E-state index contributed by atoms with van der Waals surface area (Å²) in [5.74, 6) is -1.31. The molecule has 0 spiro atoms. The number of hydrogen-bond acceptors (Lipinski definition) is 5. The lowest BCUT2D eigenvalue weighted by Crippen LogP contribution is -2.45. The molecule has 2 heterocycles. The molecular weight excluding hydrogens is 324 g/mol. The van der Waals surface area contributed by atoms with Crippen molar-refractivity contribution in [2.24, 2.45) is 11.3 Å². The first-order chi connectivity index (χ1) is 12.0. The van der Waals surface area contributed by atoms with Crippen molar-refractivity contribution in [1.29, 1.82) is 0 Å². The van der Waals surface area contributed by atoms with E-state index in [-0.39, 0.29) is 18.4 Å². The first-order valence-electron chi connectivity index (χ1n) is 8.62. The van der Waals surface area contributed by atoms with Crippen molar-refractivity contribution in [3.63, 3.8) is 0 Å². The number of esters is 1. The predicted octanol–water partition coefficient (Wildman–Crippen LogP) is 1.43. The van der Waals surface area contributed by atoms with Crippen LogP contribution in [-0.2, 0) is 25.7 Å². The minimum absolute atomic E-state index is 0.0737. The number of likely N-dealkylation sites (N-methyl/N-ethyl adjacent to an activating group) is 1. The smallest absolute Gasteiger partial charge is 0.313 e. The first kappa shape index (κ1) is 17.5. The van der Waals surface area contributed by atoms with Gasteiger partial charge in [0.05, 0.1) is 25.1 Å². The monoisotopic (exact) mass is 348 g/mol. The van der Waals surface area contributed by atoms with Gasteiger partial charge in [0.15, 0.2) is 0 Å². The third-order valence-corrected chi connectivity index (χ3v) is 5.53. The second kappa shape index (κ2) is 6.90. The average Bonchev–Trinajstić information content (AvgIpc) is 3.27. The quantitative estimate of drug-likeness (QED) is 0.610. The molecule has 2 aliphatic rings. The van der Waals surface area contributed by atoms with Crippen LogP contribution in [0.25, 0.3) is 0 Å². The molecule has 1 aromatic rings. The molecule has 0 bridgehead atoms. The van der Waals surface area contributed by atoms with Gasteiger partial charge in [-0.05, 0) is 24.8 Å². The molecule has 2 fully saturated rings. The number of furan rings is 1. The van der Waals surface area contributed by atoms with E-state index in [0.717, 1.165) is 24.8 Å². The van der Waals surface area contributed by atoms with E-state index in [0.29, 0.717) is 19.5 Å². The Kier molecular flexibility index (Phi) is 4.83. The van der Waals surface area contributed by atoms with Crippen molar-refractivity contribution in [3.05, 3.63) is 24.2 Å². The van der Waals surface area contributed by atoms with Crippen LogP contribution in [0.5, 0.6) is 0 Å². The predicted molar refractivity (Wildman–Crippen MR) is 88.2 cm³/mol. The van der Waals surface area contributed by atoms with Gasteiger partial charge in [-0.2, -0.15) is 0 Å². The second-order valence-corrected chi connectivity index (χ2v) is 7.07. The molecule has 2 amide bonds. The summed E-state index contributed by atoms with van der Waals surface area (Å²) in [4.78, 5) is 40.5. The van der Waals surface area contributed by atoms with Gasteiger partial charge in [-0.1, -0.05) is 12.8 Å². The number of carbonyl (C=O) groups is 3. The molecule has 1 saturated carbocycles. The first-order valence-corrected chi connectivity index (χ1v) is 8.62. The number of nitrogens with zero attached hydrogens (tertiary/aromatic N) is 2. The fourth-order valence-corrected chi connectivity index (χ4v) is 4.18. The zero-order valence-electron chi connectivity index (χ0n) is 14.7. The molecule has 3 rings (SSSR count). The Bertz CT molecular complexity index is 656. The van der Waals surface area contributed by atoms with E-state index in [1.54, 1.807) is 19.4 Å². The third-order valence-electron chi connectivity index (χ3n) is 5.53. The molecule has 0 unspecified atom stereocenters. The van der Waals surface area contributed by atoms with Crippen molar-refractivity contribution in [2.45, 2.75) is 32.2 Å². The molecule has 0 aromatic carbocycles. The summed E-state index contributed by atoms with van der Waals surface area (Å²) in [6.45, 7) is 1.02. The van der Waals surface area contributed by atoms with Gasteiger partial charge in [-0.15, -0.1) is 0 Å². The van der Waals surface area contributed by atoms with E-state index in [9.17, 15) is 14.4 Å². The summed E-state index contributed by atoms with van der Waals surface area (Å²) in [5.41, 5.74) is 0.177. The number of rotatable bonds is 3. The highest BCUT2D eigenvalue weighted by Crippen LogP contribution is 2.47. The maximum absolute atomic E-state index is 12.7. The zero-order valence-corrected chi connectivity index (χ0v) is 14.7. The minimum atomic E-state index is -0.647. The van der Waals surface area contributed by atoms with Gasteiger partial charge in [0.1, 0.15) is 0 Å². The van der Waals surface area contributed by atoms with E-state index >= 15 is 0 Å². The third kappa shape index (κ3) is 3.15. The van der Waals surface area contributed by atoms with Crippen LogP contribution in [0.2, 0.25) is 0 Å². The lowest BCUT2D eigenvalue weighted by Gasteiger charge is -2.35. The van der Waals surface area contributed by atoms with Gasteiger partial charge in [0, 0.05) is 32.2 Å². The molecule has 0 N–H and O–H groups in total. The fraction of sp³-hybridized carbons (Fsp3) is 0.611. The lowest BCUT2D eigenvalue weighted by molar-refractivity contribution is -0.157. The summed E-state index contributed by atoms with van der Waals surface area (Å²) in [7, 11) is 2.98. The Morgan fingerprint density at radius 2 is 2.20 bits per heavy atom. The van der Waals surface area contributed by atoms with Gasteiger partial charge >= 0.3 is 17.8 Å². The zero-order chi connectivity index (χ0) is 18.0. The van der Waals surface area contributed by atoms with Crippen LogP contribution >= 0.6 is 0 Å². The SMILES string of the molecule is COC(=O)[C@@]12CCCC[C@@H]1CN(C(=O)C(=O)N(C)Cc1ccoc1)C2. The Labute approximate surface area is 146 Å². The maximum atomic E-state index is 12.7. The van der Waals surface area contributed by atoms with E-state index in [1.165, 1.54) is 23.2 Å². The van der Waals surface area contributed by atoms with Gasteiger partial charge in [0.2, 0.25) is 0 Å². The number of fused-ring (bicyclic) bond motifs is 1. The average molecular weight is 348 g/mol.